The second-order valence-corrected chi connectivity index (χ2v) is 3.35. The summed E-state index contributed by atoms with van der Waals surface area (Å²) in [6.07, 6.45) is -0.0476. The van der Waals surface area contributed by atoms with Crippen LogP contribution in [0.5, 0.6) is 0 Å². The summed E-state index contributed by atoms with van der Waals surface area (Å²) >= 11 is 0. The van der Waals surface area contributed by atoms with Gasteiger partial charge in [0.1, 0.15) is 0 Å². The standard InChI is InChI=1S/C10H22O5/c1-9(7-13-5-3-11)15-10(2)8-14-6-4-12/h9-12H,3-8H2,1-2H3/t9-,10-/m0/s1. The lowest BCUT2D eigenvalue weighted by Gasteiger charge is -2.19. The number of hydrogen-bond acceptors (Lipinski definition) is 5. The van der Waals surface area contributed by atoms with Gasteiger partial charge in [0.05, 0.1) is 51.8 Å². The molecule has 0 saturated carbocycles. The Bertz CT molecular complexity index is 117. The Morgan fingerprint density at radius 3 is 1.60 bits per heavy atom. The van der Waals surface area contributed by atoms with Crippen LogP contribution in [0.4, 0.5) is 0 Å². The van der Waals surface area contributed by atoms with Crippen molar-refractivity contribution in [1.82, 2.24) is 0 Å². The highest BCUT2D eigenvalue weighted by molar-refractivity contribution is 4.54. The van der Waals surface area contributed by atoms with Crippen LogP contribution in [-0.4, -0.2) is 62.1 Å². The van der Waals surface area contributed by atoms with E-state index in [4.69, 9.17) is 24.4 Å². The number of ether oxygens (including phenoxy) is 3. The van der Waals surface area contributed by atoms with Crippen LogP contribution >= 0.6 is 0 Å². The Labute approximate surface area is 91.0 Å². The van der Waals surface area contributed by atoms with Gasteiger partial charge in [0.2, 0.25) is 0 Å². The van der Waals surface area contributed by atoms with Crippen molar-refractivity contribution < 1.29 is 24.4 Å². The monoisotopic (exact) mass is 222 g/mol. The van der Waals surface area contributed by atoms with E-state index in [1.54, 1.807) is 0 Å². The zero-order valence-corrected chi connectivity index (χ0v) is 9.52. The summed E-state index contributed by atoms with van der Waals surface area (Å²) in [5.74, 6) is 0. The van der Waals surface area contributed by atoms with Gasteiger partial charge in [-0.1, -0.05) is 0 Å². The van der Waals surface area contributed by atoms with Gasteiger partial charge in [-0.3, -0.25) is 0 Å². The first-order valence-corrected chi connectivity index (χ1v) is 5.23. The fraction of sp³-hybridized carbons (Fsp3) is 1.00. The van der Waals surface area contributed by atoms with Crippen LogP contribution in [0.25, 0.3) is 0 Å². The van der Waals surface area contributed by atoms with Crippen molar-refractivity contribution in [2.45, 2.75) is 26.1 Å². The molecule has 0 aromatic rings. The van der Waals surface area contributed by atoms with Gasteiger partial charge in [-0.25, -0.2) is 0 Å². The van der Waals surface area contributed by atoms with Crippen molar-refractivity contribution in [3.63, 3.8) is 0 Å². The summed E-state index contributed by atoms with van der Waals surface area (Å²) in [5.41, 5.74) is 0. The molecular weight excluding hydrogens is 200 g/mol. The van der Waals surface area contributed by atoms with Gasteiger partial charge in [0, 0.05) is 0 Å². The molecule has 0 aromatic carbocycles. The maximum atomic E-state index is 8.49. The van der Waals surface area contributed by atoms with E-state index >= 15 is 0 Å². The summed E-state index contributed by atoms with van der Waals surface area (Å²) in [5, 5.41) is 17.0. The molecule has 0 saturated heterocycles. The molecule has 92 valence electrons. The minimum atomic E-state index is -0.0238. The predicted octanol–water partition coefficient (Wildman–Crippen LogP) is -0.202. The first kappa shape index (κ1) is 14.8. The predicted molar refractivity (Wildman–Crippen MR) is 55.8 cm³/mol. The van der Waals surface area contributed by atoms with E-state index in [0.29, 0.717) is 26.4 Å². The van der Waals surface area contributed by atoms with E-state index in [1.807, 2.05) is 13.8 Å². The Kier molecular flexibility index (Phi) is 10.2. The molecule has 0 heterocycles. The fourth-order valence-corrected chi connectivity index (χ4v) is 1.10. The fourth-order valence-electron chi connectivity index (χ4n) is 1.10. The number of aliphatic hydroxyl groups excluding tert-OH is 2. The summed E-state index contributed by atoms with van der Waals surface area (Å²) in [4.78, 5) is 0. The van der Waals surface area contributed by atoms with Gasteiger partial charge >= 0.3 is 0 Å². The van der Waals surface area contributed by atoms with E-state index in [2.05, 4.69) is 0 Å². The maximum absolute atomic E-state index is 8.49. The van der Waals surface area contributed by atoms with Crippen molar-refractivity contribution in [2.24, 2.45) is 0 Å². The highest BCUT2D eigenvalue weighted by Crippen LogP contribution is 1.99. The van der Waals surface area contributed by atoms with Crippen LogP contribution in [0.3, 0.4) is 0 Å². The van der Waals surface area contributed by atoms with Gasteiger partial charge in [0.25, 0.3) is 0 Å². The summed E-state index contributed by atoms with van der Waals surface area (Å²) in [6, 6.07) is 0. The lowest BCUT2D eigenvalue weighted by atomic mass is 10.4. The average molecular weight is 222 g/mol. The van der Waals surface area contributed by atoms with E-state index < -0.39 is 0 Å². The molecule has 0 bridgehead atoms. The summed E-state index contributed by atoms with van der Waals surface area (Å²) in [7, 11) is 0. The third-order valence-electron chi connectivity index (χ3n) is 1.64. The van der Waals surface area contributed by atoms with Crippen molar-refractivity contribution in [3.05, 3.63) is 0 Å². The molecule has 5 heteroatoms. The van der Waals surface area contributed by atoms with Crippen LogP contribution in [0, 0.1) is 0 Å². The van der Waals surface area contributed by atoms with Crippen LogP contribution < -0.4 is 0 Å². The van der Waals surface area contributed by atoms with Crippen molar-refractivity contribution in [1.29, 1.82) is 0 Å². The zero-order valence-electron chi connectivity index (χ0n) is 9.52. The molecule has 0 unspecified atom stereocenters. The summed E-state index contributed by atoms with van der Waals surface area (Å²) < 4.78 is 15.8. The van der Waals surface area contributed by atoms with Gasteiger partial charge < -0.3 is 24.4 Å². The Morgan fingerprint density at radius 1 is 0.867 bits per heavy atom. The average Bonchev–Trinajstić information content (AvgIpc) is 2.18. The smallest absolute Gasteiger partial charge is 0.0785 e. The van der Waals surface area contributed by atoms with E-state index in [0.717, 1.165) is 0 Å². The summed E-state index contributed by atoms with van der Waals surface area (Å²) in [6.45, 7) is 5.46. The lowest BCUT2D eigenvalue weighted by Crippen LogP contribution is -2.26. The topological polar surface area (TPSA) is 68.2 Å². The molecule has 15 heavy (non-hydrogen) atoms. The van der Waals surface area contributed by atoms with Crippen LogP contribution in [0.15, 0.2) is 0 Å². The molecule has 0 amide bonds. The van der Waals surface area contributed by atoms with E-state index in [1.165, 1.54) is 0 Å². The molecule has 2 N–H and O–H groups in total. The van der Waals surface area contributed by atoms with Crippen molar-refractivity contribution >= 4 is 0 Å². The molecule has 0 aromatic heterocycles. The number of rotatable bonds is 10. The quantitative estimate of drug-likeness (QED) is 0.501. The van der Waals surface area contributed by atoms with Crippen LogP contribution in [-0.2, 0) is 14.2 Å². The SMILES string of the molecule is C[C@@H](COCCO)O[C@@H](C)COCCO. The highest BCUT2D eigenvalue weighted by Gasteiger charge is 2.08. The molecule has 0 aliphatic carbocycles. The Hall–Kier alpha value is -0.200. The molecule has 0 fully saturated rings. The Morgan fingerprint density at radius 2 is 1.27 bits per heavy atom. The number of hydrogen-bond donors (Lipinski definition) is 2. The van der Waals surface area contributed by atoms with Crippen LogP contribution in [0.2, 0.25) is 0 Å². The molecule has 2 atom stereocenters. The van der Waals surface area contributed by atoms with Gasteiger partial charge in [0.15, 0.2) is 0 Å². The second kappa shape index (κ2) is 10.3. The van der Waals surface area contributed by atoms with Crippen molar-refractivity contribution in [3.8, 4) is 0 Å². The first-order valence-electron chi connectivity index (χ1n) is 5.23. The third kappa shape index (κ3) is 10.1. The lowest BCUT2D eigenvalue weighted by molar-refractivity contribution is -0.0754. The third-order valence-corrected chi connectivity index (χ3v) is 1.64. The van der Waals surface area contributed by atoms with Gasteiger partial charge in [-0.15, -0.1) is 0 Å². The minimum Gasteiger partial charge on any atom is -0.394 e. The normalized spacial score (nSPS) is 15.2. The van der Waals surface area contributed by atoms with E-state index in [9.17, 15) is 0 Å². The molecule has 5 nitrogen and oxygen atoms in total. The molecule has 0 aliphatic heterocycles. The van der Waals surface area contributed by atoms with Crippen molar-refractivity contribution in [2.75, 3.05) is 39.6 Å². The molecule has 0 spiro atoms. The maximum Gasteiger partial charge on any atom is 0.0785 e. The van der Waals surface area contributed by atoms with Gasteiger partial charge in [-0.2, -0.15) is 0 Å². The molecule has 0 aliphatic rings. The second-order valence-electron chi connectivity index (χ2n) is 3.35. The minimum absolute atomic E-state index is 0.0238. The molecule has 0 radical (unpaired) electrons. The molecule has 0 rings (SSSR count). The Balaban J connectivity index is 3.35. The van der Waals surface area contributed by atoms with Gasteiger partial charge in [-0.05, 0) is 13.8 Å². The van der Waals surface area contributed by atoms with Crippen LogP contribution in [0.1, 0.15) is 13.8 Å². The molecular formula is C10H22O5. The first-order chi connectivity index (χ1) is 7.20. The highest BCUT2D eigenvalue weighted by atomic mass is 16.6. The largest absolute Gasteiger partial charge is 0.394 e. The zero-order chi connectivity index (χ0) is 11.5. The number of aliphatic hydroxyl groups is 2. The van der Waals surface area contributed by atoms with E-state index in [-0.39, 0.29) is 25.4 Å².